The smallest absolute Gasteiger partial charge is 0.310 e. The van der Waals surface area contributed by atoms with Gasteiger partial charge in [-0.15, -0.1) is 0 Å². The maximum Gasteiger partial charge on any atom is 0.310 e. The number of non-ortho nitro benzene ring substituents is 1. The van der Waals surface area contributed by atoms with Crippen LogP contribution in [0.4, 0.5) is 11.4 Å². The molecule has 0 saturated carbocycles. The first kappa shape index (κ1) is 14.2. The van der Waals surface area contributed by atoms with Crippen molar-refractivity contribution in [3.05, 3.63) is 73.8 Å². The number of phenolic OH excluding ortho intramolecular Hbond substituents is 1. The van der Waals surface area contributed by atoms with Crippen molar-refractivity contribution in [2.24, 2.45) is 0 Å². The predicted molar refractivity (Wildman–Crippen MR) is 76.8 cm³/mol. The molecule has 0 amide bonds. The second-order valence-corrected chi connectivity index (χ2v) is 4.19. The van der Waals surface area contributed by atoms with Gasteiger partial charge in [-0.3, -0.25) is 20.2 Å². The Bertz CT molecular complexity index is 723. The van der Waals surface area contributed by atoms with E-state index in [1.807, 2.05) is 0 Å². The minimum Gasteiger partial charge on any atom is -0.502 e. The highest BCUT2D eigenvalue weighted by molar-refractivity contribution is 5.71. The molecule has 7 nitrogen and oxygen atoms in total. The monoisotopic (exact) mass is 286 g/mol. The van der Waals surface area contributed by atoms with Crippen molar-refractivity contribution in [2.45, 2.75) is 0 Å². The summed E-state index contributed by atoms with van der Waals surface area (Å²) in [6.07, 6.45) is 3.33. The van der Waals surface area contributed by atoms with E-state index in [0.29, 0.717) is 5.56 Å². The fourth-order valence-corrected chi connectivity index (χ4v) is 1.70. The molecule has 0 fully saturated rings. The van der Waals surface area contributed by atoms with Gasteiger partial charge < -0.3 is 5.11 Å². The summed E-state index contributed by atoms with van der Waals surface area (Å²) in [5.41, 5.74) is 0.956. The van der Waals surface area contributed by atoms with Crippen molar-refractivity contribution >= 4 is 23.5 Å². The van der Waals surface area contributed by atoms with Crippen molar-refractivity contribution in [1.82, 2.24) is 0 Å². The van der Waals surface area contributed by atoms with Gasteiger partial charge in [-0.1, -0.05) is 12.2 Å². The lowest BCUT2D eigenvalue weighted by Gasteiger charge is -1.98. The van der Waals surface area contributed by atoms with Crippen LogP contribution in [-0.2, 0) is 0 Å². The maximum atomic E-state index is 10.6. The summed E-state index contributed by atoms with van der Waals surface area (Å²) in [4.78, 5) is 19.9. The number of phenols is 1. The largest absolute Gasteiger partial charge is 0.502 e. The number of nitro benzene ring substituents is 2. The molecular formula is C14H10N2O5. The summed E-state index contributed by atoms with van der Waals surface area (Å²) in [5.74, 6) is -0.411. The van der Waals surface area contributed by atoms with Crippen LogP contribution in [0.25, 0.3) is 12.2 Å². The molecule has 0 heterocycles. The van der Waals surface area contributed by atoms with Gasteiger partial charge in [0, 0.05) is 18.2 Å². The average molecular weight is 286 g/mol. The summed E-state index contributed by atoms with van der Waals surface area (Å²) in [6, 6.07) is 9.92. The van der Waals surface area contributed by atoms with Gasteiger partial charge in [0.05, 0.1) is 9.85 Å². The summed E-state index contributed by atoms with van der Waals surface area (Å²) in [6.45, 7) is 0. The molecule has 0 aliphatic carbocycles. The van der Waals surface area contributed by atoms with Crippen LogP contribution in [0.3, 0.4) is 0 Å². The molecule has 0 radical (unpaired) electrons. The molecule has 0 saturated heterocycles. The Morgan fingerprint density at radius 3 is 1.95 bits per heavy atom. The Hall–Kier alpha value is -3.22. The third-order valence-electron chi connectivity index (χ3n) is 2.77. The number of hydrogen-bond acceptors (Lipinski definition) is 5. The SMILES string of the molecule is O=[N+]([O-])c1ccc(/C=C/c2ccc([N+](=O)[O-])c(O)c2)cc1. The number of benzene rings is 2. The molecule has 21 heavy (non-hydrogen) atoms. The van der Waals surface area contributed by atoms with Gasteiger partial charge in [-0.05, 0) is 35.4 Å². The van der Waals surface area contributed by atoms with Crippen molar-refractivity contribution in [3.8, 4) is 5.75 Å². The molecule has 1 N–H and O–H groups in total. The fraction of sp³-hybridized carbons (Fsp3) is 0. The Balaban J connectivity index is 2.19. The Morgan fingerprint density at radius 2 is 1.43 bits per heavy atom. The van der Waals surface area contributed by atoms with Crippen LogP contribution in [-0.4, -0.2) is 15.0 Å². The first-order chi connectivity index (χ1) is 9.97. The summed E-state index contributed by atoms with van der Waals surface area (Å²) < 4.78 is 0. The lowest BCUT2D eigenvalue weighted by atomic mass is 10.1. The number of hydrogen-bond donors (Lipinski definition) is 1. The highest BCUT2D eigenvalue weighted by Crippen LogP contribution is 2.27. The topological polar surface area (TPSA) is 107 Å². The van der Waals surface area contributed by atoms with Gasteiger partial charge in [-0.25, -0.2) is 0 Å². The minimum atomic E-state index is -0.668. The van der Waals surface area contributed by atoms with Crippen LogP contribution in [0.1, 0.15) is 11.1 Å². The normalized spacial score (nSPS) is 10.7. The molecule has 2 aromatic carbocycles. The quantitative estimate of drug-likeness (QED) is 0.526. The standard InChI is InChI=1S/C14H10N2O5/c17-14-9-11(5-8-13(14)16(20)21)2-1-10-3-6-12(7-4-10)15(18)19/h1-9,17H/b2-1+. The van der Waals surface area contributed by atoms with Crippen molar-refractivity contribution in [2.75, 3.05) is 0 Å². The Morgan fingerprint density at radius 1 is 0.857 bits per heavy atom. The second-order valence-electron chi connectivity index (χ2n) is 4.19. The van der Waals surface area contributed by atoms with E-state index < -0.39 is 15.6 Å². The Kier molecular flexibility index (Phi) is 3.94. The predicted octanol–water partition coefficient (Wildman–Crippen LogP) is 3.38. The highest BCUT2D eigenvalue weighted by Gasteiger charge is 2.11. The van der Waals surface area contributed by atoms with Gasteiger partial charge in [-0.2, -0.15) is 0 Å². The van der Waals surface area contributed by atoms with E-state index in [2.05, 4.69) is 0 Å². The van der Waals surface area contributed by atoms with E-state index in [1.54, 1.807) is 24.3 Å². The molecule has 0 unspecified atom stereocenters. The molecule has 7 heteroatoms. The minimum absolute atomic E-state index is 0.000121. The molecule has 2 aromatic rings. The van der Waals surface area contributed by atoms with E-state index in [0.717, 1.165) is 5.56 Å². The van der Waals surface area contributed by atoms with E-state index in [4.69, 9.17) is 0 Å². The lowest BCUT2D eigenvalue weighted by molar-refractivity contribution is -0.385. The number of nitrogens with zero attached hydrogens (tertiary/aromatic N) is 2. The van der Waals surface area contributed by atoms with E-state index in [9.17, 15) is 25.3 Å². The molecule has 2 rings (SSSR count). The first-order valence-corrected chi connectivity index (χ1v) is 5.87. The molecule has 0 aromatic heterocycles. The molecule has 106 valence electrons. The van der Waals surface area contributed by atoms with Gasteiger partial charge in [0.2, 0.25) is 0 Å². The van der Waals surface area contributed by atoms with Crippen LogP contribution >= 0.6 is 0 Å². The first-order valence-electron chi connectivity index (χ1n) is 5.87. The van der Waals surface area contributed by atoms with Gasteiger partial charge >= 0.3 is 5.69 Å². The van der Waals surface area contributed by atoms with Crippen LogP contribution in [0.15, 0.2) is 42.5 Å². The van der Waals surface area contributed by atoms with Gasteiger partial charge in [0.25, 0.3) is 5.69 Å². The molecule has 0 aliphatic rings. The highest BCUT2D eigenvalue weighted by atomic mass is 16.6. The second kappa shape index (κ2) is 5.83. The summed E-state index contributed by atoms with van der Waals surface area (Å²) >= 11 is 0. The van der Waals surface area contributed by atoms with Gasteiger partial charge in [0.1, 0.15) is 0 Å². The Labute approximate surface area is 119 Å². The van der Waals surface area contributed by atoms with Crippen LogP contribution in [0.5, 0.6) is 5.75 Å². The lowest BCUT2D eigenvalue weighted by Crippen LogP contribution is -1.88. The third-order valence-corrected chi connectivity index (χ3v) is 2.77. The van der Waals surface area contributed by atoms with E-state index in [1.165, 1.54) is 30.3 Å². The van der Waals surface area contributed by atoms with Crippen molar-refractivity contribution < 1.29 is 15.0 Å². The number of aromatic hydroxyl groups is 1. The van der Waals surface area contributed by atoms with Crippen LogP contribution in [0, 0.1) is 20.2 Å². The molecule has 0 aliphatic heterocycles. The van der Waals surface area contributed by atoms with E-state index >= 15 is 0 Å². The summed E-state index contributed by atoms with van der Waals surface area (Å²) in [5, 5.41) is 30.6. The zero-order valence-corrected chi connectivity index (χ0v) is 10.7. The number of nitro groups is 2. The average Bonchev–Trinajstić information content (AvgIpc) is 2.45. The van der Waals surface area contributed by atoms with Gasteiger partial charge in [0.15, 0.2) is 5.75 Å². The molecule has 0 atom stereocenters. The van der Waals surface area contributed by atoms with Crippen LogP contribution in [0.2, 0.25) is 0 Å². The molecule has 0 spiro atoms. The fourth-order valence-electron chi connectivity index (χ4n) is 1.70. The molecular weight excluding hydrogens is 276 g/mol. The zero-order chi connectivity index (χ0) is 15.4. The third kappa shape index (κ3) is 3.41. The van der Waals surface area contributed by atoms with Crippen LogP contribution < -0.4 is 0 Å². The van der Waals surface area contributed by atoms with Crippen molar-refractivity contribution in [1.29, 1.82) is 0 Å². The summed E-state index contributed by atoms with van der Waals surface area (Å²) in [7, 11) is 0. The van der Waals surface area contributed by atoms with Crippen molar-refractivity contribution in [3.63, 3.8) is 0 Å². The van der Waals surface area contributed by atoms with E-state index in [-0.39, 0.29) is 11.4 Å². The molecule has 0 bridgehead atoms. The zero-order valence-electron chi connectivity index (χ0n) is 10.7. The number of rotatable bonds is 4. The maximum absolute atomic E-state index is 10.6.